The summed E-state index contributed by atoms with van der Waals surface area (Å²) in [5.41, 5.74) is -0.333. The van der Waals surface area contributed by atoms with Crippen LogP contribution in [0.1, 0.15) is 25.6 Å². The van der Waals surface area contributed by atoms with E-state index in [2.05, 4.69) is 7.49 Å². The molecular formula is C15H16BNO4S. The van der Waals surface area contributed by atoms with Crippen molar-refractivity contribution in [3.63, 3.8) is 0 Å². The van der Waals surface area contributed by atoms with Crippen LogP contribution in [0.25, 0.3) is 12.2 Å². The van der Waals surface area contributed by atoms with E-state index in [1.807, 2.05) is 0 Å². The van der Waals surface area contributed by atoms with Crippen LogP contribution < -0.4 is 10.1 Å². The maximum atomic E-state index is 12.4. The number of thiazole rings is 1. The van der Waals surface area contributed by atoms with Crippen molar-refractivity contribution in [1.29, 1.82) is 0 Å². The summed E-state index contributed by atoms with van der Waals surface area (Å²) in [7, 11) is 3.80. The Hall–Kier alpha value is -2.15. The summed E-state index contributed by atoms with van der Waals surface area (Å²) in [5, 5.41) is 9.34. The first kappa shape index (κ1) is 16.2. The van der Waals surface area contributed by atoms with Crippen molar-refractivity contribution in [2.45, 2.75) is 19.9 Å². The molecule has 0 saturated heterocycles. The molecule has 114 valence electrons. The van der Waals surface area contributed by atoms with Gasteiger partial charge in [0.15, 0.2) is 0 Å². The number of aromatic nitrogens is 1. The van der Waals surface area contributed by atoms with Gasteiger partial charge in [-0.25, -0.2) is 0 Å². The minimum atomic E-state index is -1.03. The molecule has 2 aromatic rings. The van der Waals surface area contributed by atoms with E-state index in [0.717, 1.165) is 0 Å². The Morgan fingerprint density at radius 2 is 2.23 bits per heavy atom. The van der Waals surface area contributed by atoms with E-state index in [-0.39, 0.29) is 11.5 Å². The molecule has 22 heavy (non-hydrogen) atoms. The third-order valence-corrected chi connectivity index (χ3v) is 4.10. The molecule has 0 radical (unpaired) electrons. The van der Waals surface area contributed by atoms with E-state index in [1.54, 1.807) is 50.5 Å². The standard InChI is InChI=1S/C15H16BNO4S/c1-9(2)12(14(19)20)17-13(18)11(22-15(17)16)7-3-5-10-6-4-8-21-10/h3-9,12,16H,1-2H3,(H,19,20)/b5-3+,11-7-. The van der Waals surface area contributed by atoms with Crippen molar-refractivity contribution in [2.24, 2.45) is 5.92 Å². The van der Waals surface area contributed by atoms with Gasteiger partial charge in [0.2, 0.25) is 0 Å². The summed E-state index contributed by atoms with van der Waals surface area (Å²) >= 11 is 1.18. The maximum absolute atomic E-state index is 12.4. The second kappa shape index (κ2) is 6.74. The molecule has 0 saturated carbocycles. The molecule has 5 nitrogen and oxygen atoms in total. The average molecular weight is 317 g/mol. The first-order valence-corrected chi connectivity index (χ1v) is 7.58. The van der Waals surface area contributed by atoms with E-state index >= 15 is 0 Å². The first-order chi connectivity index (χ1) is 10.4. The van der Waals surface area contributed by atoms with Gasteiger partial charge in [0.05, 0.1) is 0 Å². The Morgan fingerprint density at radius 1 is 1.50 bits per heavy atom. The summed E-state index contributed by atoms with van der Waals surface area (Å²) < 4.78 is 7.29. The SMILES string of the molecule is B=c1s/c(=C\C=C\c2ccco2)c(=O)n1C(C(=O)O)C(C)C. The van der Waals surface area contributed by atoms with Gasteiger partial charge in [0.25, 0.3) is 0 Å². The van der Waals surface area contributed by atoms with Gasteiger partial charge in [-0.1, -0.05) is 0 Å². The summed E-state index contributed by atoms with van der Waals surface area (Å²) in [6.45, 7) is 3.53. The van der Waals surface area contributed by atoms with Gasteiger partial charge in [-0.05, 0) is 0 Å². The van der Waals surface area contributed by atoms with Crippen molar-refractivity contribution in [3.05, 3.63) is 49.7 Å². The molecule has 2 rings (SSSR count). The van der Waals surface area contributed by atoms with Crippen LogP contribution in [-0.2, 0) is 4.79 Å². The third-order valence-electron chi connectivity index (χ3n) is 3.14. The van der Waals surface area contributed by atoms with Crippen LogP contribution in [0.4, 0.5) is 0 Å². The number of carbonyl (C=O) groups is 1. The van der Waals surface area contributed by atoms with Gasteiger partial charge in [0.1, 0.15) is 0 Å². The summed E-state index contributed by atoms with van der Waals surface area (Å²) in [6, 6.07) is 2.65. The van der Waals surface area contributed by atoms with Crippen LogP contribution in [0.2, 0.25) is 0 Å². The topological polar surface area (TPSA) is 72.4 Å². The average Bonchev–Trinajstić information content (AvgIpc) is 3.02. The van der Waals surface area contributed by atoms with Gasteiger partial charge in [-0.3, -0.25) is 0 Å². The van der Waals surface area contributed by atoms with Crippen molar-refractivity contribution >= 4 is 36.9 Å². The molecule has 0 amide bonds. The zero-order valence-corrected chi connectivity index (χ0v) is 13.2. The number of nitrogens with zero attached hydrogens (tertiary/aromatic N) is 1. The van der Waals surface area contributed by atoms with Crippen LogP contribution in [0.5, 0.6) is 0 Å². The Bertz CT molecular complexity index is 845. The van der Waals surface area contributed by atoms with E-state index < -0.39 is 12.0 Å². The fraction of sp³-hybridized carbons (Fsp3) is 0.267. The first-order valence-electron chi connectivity index (χ1n) is 6.76. The summed E-state index contributed by atoms with van der Waals surface area (Å²) in [6.07, 6.45) is 6.62. The molecule has 1 atom stereocenters. The number of aliphatic carboxylic acids is 1. The molecule has 0 aromatic carbocycles. The van der Waals surface area contributed by atoms with Gasteiger partial charge in [-0.2, -0.15) is 0 Å². The van der Waals surface area contributed by atoms with E-state index in [4.69, 9.17) is 4.42 Å². The van der Waals surface area contributed by atoms with Crippen LogP contribution in [-0.4, -0.2) is 23.1 Å². The molecule has 2 heterocycles. The molecule has 0 fully saturated rings. The number of allylic oxidation sites excluding steroid dienone is 1. The van der Waals surface area contributed by atoms with Gasteiger partial charge in [0, 0.05) is 0 Å². The molecule has 0 aliphatic carbocycles. The molecule has 1 unspecified atom stereocenters. The Morgan fingerprint density at radius 3 is 2.77 bits per heavy atom. The molecule has 0 spiro atoms. The summed E-state index contributed by atoms with van der Waals surface area (Å²) in [5.74, 6) is -0.567. The number of carboxylic acid groups (broad SMARTS) is 1. The van der Waals surface area contributed by atoms with Crippen LogP contribution >= 0.6 is 11.3 Å². The molecule has 0 bridgehead atoms. The fourth-order valence-corrected chi connectivity index (χ4v) is 3.03. The van der Waals surface area contributed by atoms with Crippen LogP contribution in [0.3, 0.4) is 0 Å². The van der Waals surface area contributed by atoms with Crippen molar-refractivity contribution in [1.82, 2.24) is 4.57 Å². The van der Waals surface area contributed by atoms with Crippen LogP contribution in [0.15, 0.2) is 33.7 Å². The number of furan rings is 1. The Kier molecular flexibility index (Phi) is 4.97. The Balaban J connectivity index is 2.45. The summed E-state index contributed by atoms with van der Waals surface area (Å²) in [4.78, 5) is 23.8. The van der Waals surface area contributed by atoms with Crippen LogP contribution in [0, 0.1) is 10.5 Å². The van der Waals surface area contributed by atoms with E-state index in [1.165, 1.54) is 15.9 Å². The molecule has 0 aliphatic rings. The van der Waals surface area contributed by atoms with Gasteiger partial charge < -0.3 is 0 Å². The van der Waals surface area contributed by atoms with Gasteiger partial charge in [-0.15, -0.1) is 0 Å². The minimum absolute atomic E-state index is 0.211. The fourth-order valence-electron chi connectivity index (χ4n) is 2.15. The molecule has 1 N–H and O–H groups in total. The zero-order chi connectivity index (χ0) is 16.3. The third kappa shape index (κ3) is 3.36. The molecule has 2 aromatic heterocycles. The van der Waals surface area contributed by atoms with Crippen molar-refractivity contribution < 1.29 is 14.3 Å². The number of hydrogen-bond acceptors (Lipinski definition) is 4. The van der Waals surface area contributed by atoms with Gasteiger partial charge >= 0.3 is 131 Å². The zero-order valence-electron chi connectivity index (χ0n) is 12.4. The normalized spacial score (nSPS) is 14.0. The van der Waals surface area contributed by atoms with Crippen molar-refractivity contribution in [2.75, 3.05) is 0 Å². The van der Waals surface area contributed by atoms with E-state index in [9.17, 15) is 14.7 Å². The molecule has 0 aliphatic heterocycles. The quantitative estimate of drug-likeness (QED) is 0.847. The predicted octanol–water partition coefficient (Wildman–Crippen LogP) is 1.43. The second-order valence-corrected chi connectivity index (χ2v) is 6.22. The Labute approximate surface area is 131 Å². The number of rotatable bonds is 5. The number of hydrogen-bond donors (Lipinski definition) is 1. The molecular weight excluding hydrogens is 301 g/mol. The molecule has 7 heteroatoms. The predicted molar refractivity (Wildman–Crippen MR) is 87.9 cm³/mol. The monoisotopic (exact) mass is 317 g/mol. The second-order valence-electron chi connectivity index (χ2n) is 5.10. The number of carboxylic acids is 1. The van der Waals surface area contributed by atoms with E-state index in [0.29, 0.717) is 14.8 Å². The van der Waals surface area contributed by atoms with Crippen molar-refractivity contribution in [3.8, 4) is 0 Å².